The molecule has 0 aliphatic heterocycles. The van der Waals surface area contributed by atoms with Crippen molar-refractivity contribution in [2.45, 2.75) is 26.7 Å². The number of aromatic nitrogens is 4. The monoisotopic (exact) mass is 800 g/mol. The van der Waals surface area contributed by atoms with Gasteiger partial charge < -0.3 is 28.8 Å². The van der Waals surface area contributed by atoms with Gasteiger partial charge in [-0.25, -0.2) is 28.7 Å². The summed E-state index contributed by atoms with van der Waals surface area (Å²) in [5, 5.41) is 9.53. The van der Waals surface area contributed by atoms with Gasteiger partial charge in [-0.1, -0.05) is 12.1 Å². The average Bonchev–Trinajstić information content (AvgIpc) is 3.18. The highest BCUT2D eigenvalue weighted by molar-refractivity contribution is 6.62. The highest BCUT2D eigenvalue weighted by atomic mass is 35.5. The Morgan fingerprint density at radius 2 is 1.02 bits per heavy atom. The molecule has 12 nitrogen and oxygen atoms in total. The second kappa shape index (κ2) is 20.9. The number of carbonyl (C=O) groups excluding carboxylic acids is 2. The molecular formula is C42H39ClF2N4O8. The minimum absolute atomic E-state index is 0.0782. The van der Waals surface area contributed by atoms with Gasteiger partial charge in [0.15, 0.2) is 23.0 Å². The maximum absolute atomic E-state index is 13.4. The van der Waals surface area contributed by atoms with E-state index < -0.39 is 5.97 Å². The van der Waals surface area contributed by atoms with E-state index in [4.69, 9.17) is 23.7 Å². The third-order valence-corrected chi connectivity index (χ3v) is 7.82. The Hall–Kier alpha value is -6.67. The highest BCUT2D eigenvalue weighted by Gasteiger charge is 2.14. The fourth-order valence-electron chi connectivity index (χ4n) is 5.37. The third kappa shape index (κ3) is 12.7. The van der Waals surface area contributed by atoms with E-state index >= 15 is 0 Å². The Bertz CT molecular complexity index is 2330. The predicted octanol–water partition coefficient (Wildman–Crippen LogP) is 8.18. The van der Waals surface area contributed by atoms with Gasteiger partial charge in [-0.3, -0.25) is 9.59 Å². The van der Waals surface area contributed by atoms with Crippen LogP contribution in [0.25, 0.3) is 22.5 Å². The zero-order chi connectivity index (χ0) is 41.5. The van der Waals surface area contributed by atoms with Gasteiger partial charge >= 0.3 is 5.97 Å². The zero-order valence-corrected chi connectivity index (χ0v) is 32.6. The van der Waals surface area contributed by atoms with Crippen molar-refractivity contribution in [2.24, 2.45) is 0 Å². The molecule has 0 atom stereocenters. The second-order valence-corrected chi connectivity index (χ2v) is 12.4. The molecule has 296 valence electrons. The van der Waals surface area contributed by atoms with Gasteiger partial charge in [0.05, 0.1) is 39.8 Å². The number of carbonyl (C=O) groups is 2. The van der Waals surface area contributed by atoms with Crippen molar-refractivity contribution in [1.82, 2.24) is 19.9 Å². The van der Waals surface area contributed by atoms with Crippen LogP contribution in [0.4, 0.5) is 8.78 Å². The Labute approximate surface area is 333 Å². The number of methoxy groups -OCH3 is 4. The lowest BCUT2D eigenvalue weighted by Crippen LogP contribution is -2.04. The van der Waals surface area contributed by atoms with Crippen molar-refractivity contribution in [3.63, 3.8) is 0 Å². The number of hydrogen-bond donors (Lipinski definition) is 1. The van der Waals surface area contributed by atoms with E-state index in [-0.39, 0.29) is 22.6 Å². The number of phenols is 1. The summed E-state index contributed by atoms with van der Waals surface area (Å²) < 4.78 is 52.8. The molecule has 15 heteroatoms. The molecule has 0 fully saturated rings. The molecule has 0 unspecified atom stereocenters. The van der Waals surface area contributed by atoms with Crippen molar-refractivity contribution in [1.29, 1.82) is 0 Å². The summed E-state index contributed by atoms with van der Waals surface area (Å²) >= 11 is 4.64. The summed E-state index contributed by atoms with van der Waals surface area (Å²) in [6, 6.07) is 22.8. The van der Waals surface area contributed by atoms with E-state index in [1.54, 1.807) is 36.4 Å². The summed E-state index contributed by atoms with van der Waals surface area (Å²) in [4.78, 5) is 37.6. The number of esters is 1. The van der Waals surface area contributed by atoms with Crippen molar-refractivity contribution < 1.29 is 47.2 Å². The number of benzene rings is 4. The number of rotatable bonds is 11. The first-order chi connectivity index (χ1) is 27.3. The molecule has 0 radical (unpaired) electrons. The Morgan fingerprint density at radius 1 is 0.579 bits per heavy atom. The Morgan fingerprint density at radius 3 is 1.44 bits per heavy atom. The first-order valence-electron chi connectivity index (χ1n) is 17.0. The first kappa shape index (κ1) is 43.1. The SMILES string of the molecule is CC(=O)Cl.COc1ccc(Cc2cc(-c3ccc(F)cc3OC)ncn2)cc1O.COc1ccc(Cc2cc(-c3ccc(F)cc3OC)ncn2)cc1OC(C)=O. The van der Waals surface area contributed by atoms with Gasteiger partial charge in [0.25, 0.3) is 0 Å². The fraction of sp³-hybridized carbons (Fsp3) is 0.190. The predicted molar refractivity (Wildman–Crippen MR) is 209 cm³/mol. The van der Waals surface area contributed by atoms with Crippen LogP contribution in [0.15, 0.2) is 97.6 Å². The van der Waals surface area contributed by atoms with Gasteiger partial charge in [-0.05, 0) is 83.4 Å². The lowest BCUT2D eigenvalue weighted by Gasteiger charge is -2.11. The third-order valence-electron chi connectivity index (χ3n) is 7.82. The molecule has 0 aliphatic carbocycles. The van der Waals surface area contributed by atoms with E-state index in [2.05, 4.69) is 31.5 Å². The van der Waals surface area contributed by atoms with Crippen LogP contribution in [0, 0.1) is 11.6 Å². The molecule has 0 saturated heterocycles. The molecule has 0 aliphatic rings. The van der Waals surface area contributed by atoms with Crippen LogP contribution in [0.1, 0.15) is 36.4 Å². The zero-order valence-electron chi connectivity index (χ0n) is 31.9. The average molecular weight is 801 g/mol. The van der Waals surface area contributed by atoms with Crippen molar-refractivity contribution >= 4 is 22.8 Å². The Balaban J connectivity index is 0.000000232. The number of aromatic hydroxyl groups is 1. The topological polar surface area (TPSA) is 152 Å². The van der Waals surface area contributed by atoms with E-state index in [9.17, 15) is 23.5 Å². The van der Waals surface area contributed by atoms with E-state index in [0.29, 0.717) is 64.1 Å². The molecule has 1 N–H and O–H groups in total. The van der Waals surface area contributed by atoms with Gasteiger partial charge in [0, 0.05) is 61.3 Å². The van der Waals surface area contributed by atoms with E-state index in [0.717, 1.165) is 22.5 Å². The van der Waals surface area contributed by atoms with Crippen LogP contribution in [-0.4, -0.2) is 64.7 Å². The highest BCUT2D eigenvalue weighted by Crippen LogP contribution is 2.33. The summed E-state index contributed by atoms with van der Waals surface area (Å²) in [6.07, 6.45) is 3.90. The minimum atomic E-state index is -0.428. The second-order valence-electron chi connectivity index (χ2n) is 11.9. The number of ether oxygens (including phenoxy) is 5. The molecular weight excluding hydrogens is 762 g/mol. The number of nitrogens with zero attached hydrogens (tertiary/aromatic N) is 4. The molecule has 0 spiro atoms. The molecule has 0 amide bonds. The smallest absolute Gasteiger partial charge is 0.308 e. The normalized spacial score (nSPS) is 10.2. The van der Waals surface area contributed by atoms with Gasteiger partial charge in [0.1, 0.15) is 35.8 Å². The van der Waals surface area contributed by atoms with Crippen LogP contribution in [0.2, 0.25) is 0 Å². The van der Waals surface area contributed by atoms with Crippen LogP contribution >= 0.6 is 11.6 Å². The molecule has 2 aromatic heterocycles. The van der Waals surface area contributed by atoms with Crippen molar-refractivity contribution in [3.05, 3.63) is 132 Å². The first-order valence-corrected chi connectivity index (χ1v) is 17.4. The number of hydrogen-bond acceptors (Lipinski definition) is 12. The summed E-state index contributed by atoms with van der Waals surface area (Å²) in [5.74, 6) is 0.939. The lowest BCUT2D eigenvalue weighted by atomic mass is 10.1. The van der Waals surface area contributed by atoms with Crippen molar-refractivity contribution in [2.75, 3.05) is 28.4 Å². The van der Waals surface area contributed by atoms with Crippen LogP contribution in [0.3, 0.4) is 0 Å². The quantitative estimate of drug-likeness (QED) is 0.0764. The van der Waals surface area contributed by atoms with Crippen LogP contribution < -0.4 is 23.7 Å². The molecule has 2 heterocycles. The fourth-order valence-corrected chi connectivity index (χ4v) is 5.37. The lowest BCUT2D eigenvalue weighted by molar-refractivity contribution is -0.132. The summed E-state index contributed by atoms with van der Waals surface area (Å²) in [7, 11) is 5.98. The largest absolute Gasteiger partial charge is 0.504 e. The molecule has 6 rings (SSSR count). The molecule has 0 bridgehead atoms. The van der Waals surface area contributed by atoms with Gasteiger partial charge in [0.2, 0.25) is 5.24 Å². The van der Waals surface area contributed by atoms with Crippen LogP contribution in [-0.2, 0) is 22.4 Å². The molecule has 0 saturated carbocycles. The van der Waals surface area contributed by atoms with Gasteiger partial charge in [-0.2, -0.15) is 0 Å². The summed E-state index contributed by atoms with van der Waals surface area (Å²) in [5.41, 5.74) is 5.89. The minimum Gasteiger partial charge on any atom is -0.504 e. The van der Waals surface area contributed by atoms with E-state index in [1.165, 1.54) is 79.2 Å². The molecule has 4 aromatic carbocycles. The number of halogens is 3. The standard InChI is InChI=1S/C21H19FN2O4.C19H17FN2O3.C2H3ClO/c1-13(25)28-21-9-14(4-7-19(21)26-2)8-16-11-18(24-12-23-16)17-6-5-15(22)10-20(17)27-3;1-24-18-6-3-12(8-17(18)23)7-14-10-16(22-11-21-14)15-5-4-13(20)9-19(15)25-2;1-2(3)4/h4-7,9-12H,8H2,1-3H3;3-6,8-11,23H,7H2,1-2H3;1H3. The maximum Gasteiger partial charge on any atom is 0.308 e. The summed E-state index contributed by atoms with van der Waals surface area (Å²) in [6.45, 7) is 2.63. The maximum atomic E-state index is 13.4. The molecule has 6 aromatic rings. The van der Waals surface area contributed by atoms with Gasteiger partial charge in [-0.15, -0.1) is 0 Å². The Kier molecular flexibility index (Phi) is 15.8. The number of phenolic OH excluding ortho intramolecular Hbond substituents is 1. The van der Waals surface area contributed by atoms with E-state index in [1.807, 2.05) is 24.3 Å². The molecule has 57 heavy (non-hydrogen) atoms. The van der Waals surface area contributed by atoms with Crippen LogP contribution in [0.5, 0.6) is 34.5 Å². The van der Waals surface area contributed by atoms with Crippen molar-refractivity contribution in [3.8, 4) is 57.0 Å².